The molecule has 0 aromatic carbocycles. The molecule has 106 valence electrons. The monoisotopic (exact) mass is 279 g/mol. The molecule has 0 saturated carbocycles. The molecular formula is C11H22ClN3O3. The van der Waals surface area contributed by atoms with Crippen LogP contribution in [0.5, 0.6) is 0 Å². The van der Waals surface area contributed by atoms with Gasteiger partial charge in [-0.3, -0.25) is 9.59 Å². The van der Waals surface area contributed by atoms with Gasteiger partial charge >= 0.3 is 0 Å². The van der Waals surface area contributed by atoms with Crippen LogP contribution in [-0.4, -0.2) is 41.7 Å². The van der Waals surface area contributed by atoms with Crippen molar-refractivity contribution in [3.8, 4) is 0 Å². The third-order valence-electron chi connectivity index (χ3n) is 2.82. The summed E-state index contributed by atoms with van der Waals surface area (Å²) in [5, 5.41) is 15.0. The largest absolute Gasteiger partial charge is 0.382 e. The number of carbonyl (C=O) groups excluding carboxylic acids is 2. The van der Waals surface area contributed by atoms with E-state index in [1.165, 1.54) is 0 Å². The van der Waals surface area contributed by atoms with Gasteiger partial charge in [0.25, 0.3) is 5.91 Å². The Balaban J connectivity index is 0.00000289. The van der Waals surface area contributed by atoms with E-state index in [-0.39, 0.29) is 30.3 Å². The second-order valence-electron chi connectivity index (χ2n) is 4.78. The van der Waals surface area contributed by atoms with Crippen LogP contribution >= 0.6 is 12.4 Å². The number of hydrogen-bond acceptors (Lipinski definition) is 4. The van der Waals surface area contributed by atoms with Crippen molar-refractivity contribution in [3.05, 3.63) is 0 Å². The summed E-state index contributed by atoms with van der Waals surface area (Å²) in [4.78, 5) is 22.8. The molecule has 7 heteroatoms. The number of nitrogens with two attached hydrogens (primary N) is 1. The fourth-order valence-electron chi connectivity index (χ4n) is 1.89. The molecule has 1 rings (SSSR count). The predicted molar refractivity (Wildman–Crippen MR) is 70.2 cm³/mol. The van der Waals surface area contributed by atoms with Gasteiger partial charge in [-0.25, -0.2) is 0 Å². The highest BCUT2D eigenvalue weighted by Crippen LogP contribution is 2.16. The van der Waals surface area contributed by atoms with Crippen molar-refractivity contribution in [2.45, 2.75) is 44.9 Å². The number of hydrogen-bond donors (Lipinski definition) is 4. The van der Waals surface area contributed by atoms with Crippen LogP contribution in [0.25, 0.3) is 0 Å². The maximum Gasteiger partial charge on any atom is 0.250 e. The third-order valence-corrected chi connectivity index (χ3v) is 2.82. The van der Waals surface area contributed by atoms with Crippen molar-refractivity contribution in [2.24, 2.45) is 11.7 Å². The van der Waals surface area contributed by atoms with E-state index in [1.54, 1.807) is 13.8 Å². The lowest BCUT2D eigenvalue weighted by Gasteiger charge is -2.21. The van der Waals surface area contributed by atoms with Gasteiger partial charge in [0.15, 0.2) is 0 Å². The van der Waals surface area contributed by atoms with E-state index >= 15 is 0 Å². The van der Waals surface area contributed by atoms with E-state index in [0.717, 1.165) is 0 Å². The molecule has 3 atom stereocenters. The zero-order valence-electron chi connectivity index (χ0n) is 10.7. The van der Waals surface area contributed by atoms with Crippen LogP contribution in [-0.2, 0) is 9.59 Å². The Morgan fingerprint density at radius 2 is 2.22 bits per heavy atom. The van der Waals surface area contributed by atoms with E-state index in [0.29, 0.717) is 19.4 Å². The Kier molecular flexibility index (Phi) is 7.20. The minimum Gasteiger partial charge on any atom is -0.382 e. The molecule has 0 aromatic rings. The van der Waals surface area contributed by atoms with Gasteiger partial charge in [-0.05, 0) is 26.7 Å². The highest BCUT2D eigenvalue weighted by molar-refractivity contribution is 5.85. The number of rotatable bonds is 5. The summed E-state index contributed by atoms with van der Waals surface area (Å²) >= 11 is 0. The summed E-state index contributed by atoms with van der Waals surface area (Å²) in [6.45, 7) is 4.26. The van der Waals surface area contributed by atoms with Crippen molar-refractivity contribution in [1.82, 2.24) is 10.6 Å². The molecule has 0 bridgehead atoms. The van der Waals surface area contributed by atoms with E-state index in [9.17, 15) is 14.7 Å². The Morgan fingerprint density at radius 1 is 1.61 bits per heavy atom. The van der Waals surface area contributed by atoms with Gasteiger partial charge in [-0.2, -0.15) is 0 Å². The number of amides is 2. The van der Waals surface area contributed by atoms with Crippen molar-refractivity contribution in [2.75, 3.05) is 6.54 Å². The lowest BCUT2D eigenvalue weighted by Crippen LogP contribution is -2.49. The van der Waals surface area contributed by atoms with Crippen LogP contribution in [0.15, 0.2) is 0 Å². The van der Waals surface area contributed by atoms with Gasteiger partial charge in [0.1, 0.15) is 6.10 Å². The molecule has 6 nitrogen and oxygen atoms in total. The summed E-state index contributed by atoms with van der Waals surface area (Å²) < 4.78 is 0. The summed E-state index contributed by atoms with van der Waals surface area (Å²) in [5.41, 5.74) is 5.75. The number of aliphatic hydroxyl groups is 1. The van der Waals surface area contributed by atoms with E-state index in [2.05, 4.69) is 10.6 Å². The highest BCUT2D eigenvalue weighted by atomic mass is 35.5. The summed E-state index contributed by atoms with van der Waals surface area (Å²) in [6.07, 6.45) is -0.213. The third kappa shape index (κ3) is 4.80. The molecule has 1 aliphatic rings. The minimum atomic E-state index is -1.26. The van der Waals surface area contributed by atoms with E-state index < -0.39 is 18.1 Å². The standard InChI is InChI=1S/C11H21N3O3.ClH/c1-6(2)14-11(17)9(15)8(12)5-7-3-4-13-10(7)16;/h6-9,15H,3-5,12H2,1-2H3,(H,13,16)(H,14,17);1H/t7?,8-,9?;/m0./s1. The summed E-state index contributed by atoms with van der Waals surface area (Å²) in [6, 6.07) is -0.748. The van der Waals surface area contributed by atoms with Crippen LogP contribution in [0.1, 0.15) is 26.7 Å². The maximum atomic E-state index is 11.5. The Hall–Kier alpha value is -0.850. The van der Waals surface area contributed by atoms with Gasteiger partial charge in [0, 0.05) is 24.5 Å². The van der Waals surface area contributed by atoms with Gasteiger partial charge in [-0.1, -0.05) is 0 Å². The Labute approximate surface area is 113 Å². The van der Waals surface area contributed by atoms with Gasteiger partial charge in [0.05, 0.1) is 0 Å². The molecule has 1 fully saturated rings. The fraction of sp³-hybridized carbons (Fsp3) is 0.818. The first-order chi connectivity index (χ1) is 7.91. The molecular weight excluding hydrogens is 258 g/mol. The van der Waals surface area contributed by atoms with Crippen molar-refractivity contribution >= 4 is 24.2 Å². The fourth-order valence-corrected chi connectivity index (χ4v) is 1.89. The lowest BCUT2D eigenvalue weighted by molar-refractivity contribution is -0.132. The molecule has 0 spiro atoms. The highest BCUT2D eigenvalue weighted by Gasteiger charge is 2.31. The average Bonchev–Trinajstić information content (AvgIpc) is 2.62. The molecule has 18 heavy (non-hydrogen) atoms. The normalized spacial score (nSPS) is 22.1. The minimum absolute atomic E-state index is 0. The van der Waals surface area contributed by atoms with E-state index in [1.807, 2.05) is 0 Å². The zero-order chi connectivity index (χ0) is 13.0. The Bertz CT molecular complexity index is 299. The summed E-state index contributed by atoms with van der Waals surface area (Å²) in [5.74, 6) is -0.714. The van der Waals surface area contributed by atoms with Crippen molar-refractivity contribution < 1.29 is 14.7 Å². The molecule has 2 amide bonds. The van der Waals surface area contributed by atoms with Crippen LogP contribution < -0.4 is 16.4 Å². The van der Waals surface area contributed by atoms with Crippen molar-refractivity contribution in [3.63, 3.8) is 0 Å². The van der Waals surface area contributed by atoms with Crippen LogP contribution in [0, 0.1) is 5.92 Å². The maximum absolute atomic E-state index is 11.5. The van der Waals surface area contributed by atoms with Gasteiger partial charge in [-0.15, -0.1) is 12.4 Å². The molecule has 5 N–H and O–H groups in total. The molecule has 0 aliphatic carbocycles. The molecule has 2 unspecified atom stereocenters. The first-order valence-corrected chi connectivity index (χ1v) is 5.93. The predicted octanol–water partition coefficient (Wildman–Crippen LogP) is -0.853. The number of aliphatic hydroxyl groups excluding tert-OH is 1. The second-order valence-corrected chi connectivity index (χ2v) is 4.78. The molecule has 0 aromatic heterocycles. The first-order valence-electron chi connectivity index (χ1n) is 5.93. The zero-order valence-corrected chi connectivity index (χ0v) is 11.5. The summed E-state index contributed by atoms with van der Waals surface area (Å²) in [7, 11) is 0. The van der Waals surface area contributed by atoms with Gasteiger partial charge < -0.3 is 21.5 Å². The first kappa shape index (κ1) is 17.2. The van der Waals surface area contributed by atoms with Gasteiger partial charge in [0.2, 0.25) is 5.91 Å². The van der Waals surface area contributed by atoms with Crippen molar-refractivity contribution in [1.29, 1.82) is 0 Å². The lowest BCUT2D eigenvalue weighted by atomic mass is 9.95. The Morgan fingerprint density at radius 3 is 2.67 bits per heavy atom. The topological polar surface area (TPSA) is 104 Å². The van der Waals surface area contributed by atoms with Crippen LogP contribution in [0.2, 0.25) is 0 Å². The average molecular weight is 280 g/mol. The quantitative estimate of drug-likeness (QED) is 0.526. The van der Waals surface area contributed by atoms with Crippen LogP contribution in [0.3, 0.4) is 0 Å². The molecule has 0 radical (unpaired) electrons. The number of carbonyl (C=O) groups is 2. The molecule has 1 heterocycles. The molecule has 1 aliphatic heterocycles. The van der Waals surface area contributed by atoms with E-state index in [4.69, 9.17) is 5.73 Å². The second kappa shape index (κ2) is 7.56. The number of halogens is 1. The van der Waals surface area contributed by atoms with Crippen LogP contribution in [0.4, 0.5) is 0 Å². The SMILES string of the molecule is CC(C)NC(=O)C(O)[C@@H](N)CC1CCNC1=O.Cl. The smallest absolute Gasteiger partial charge is 0.250 e. The number of nitrogens with one attached hydrogen (secondary N) is 2. The molecule has 1 saturated heterocycles.